The van der Waals surface area contributed by atoms with Gasteiger partial charge in [-0.15, -0.1) is 0 Å². The van der Waals surface area contributed by atoms with Crippen molar-refractivity contribution in [2.75, 3.05) is 20.6 Å². The van der Waals surface area contributed by atoms with Crippen LogP contribution in [0.4, 0.5) is 13.2 Å². The Morgan fingerprint density at radius 1 is 1.18 bits per heavy atom. The molecule has 2 N–H and O–H groups in total. The lowest BCUT2D eigenvalue weighted by molar-refractivity contribution is -0.928. The number of rotatable bonds is 4. The van der Waals surface area contributed by atoms with Gasteiger partial charge < -0.3 is 24.4 Å². The molecule has 3 fully saturated rings. The van der Waals surface area contributed by atoms with E-state index in [-0.39, 0.29) is 17.1 Å². The van der Waals surface area contributed by atoms with Crippen molar-refractivity contribution in [2.24, 2.45) is 11.3 Å². The van der Waals surface area contributed by atoms with Gasteiger partial charge in [-0.2, -0.15) is 13.2 Å². The van der Waals surface area contributed by atoms with Crippen molar-refractivity contribution in [2.45, 2.75) is 69.2 Å². The molecule has 214 valence electrons. The van der Waals surface area contributed by atoms with Gasteiger partial charge in [0.05, 0.1) is 32.8 Å². The summed E-state index contributed by atoms with van der Waals surface area (Å²) in [7, 11) is 4.50. The van der Waals surface area contributed by atoms with Gasteiger partial charge in [0.2, 0.25) is 5.72 Å². The van der Waals surface area contributed by atoms with Crippen LogP contribution in [0.5, 0.6) is 0 Å². The lowest BCUT2D eigenvalue weighted by Crippen LogP contribution is -2.67. The molecule has 2 aliphatic heterocycles. The minimum absolute atomic E-state index is 0.165. The van der Waals surface area contributed by atoms with Gasteiger partial charge in [0.1, 0.15) is 11.9 Å². The molecule has 1 amide bonds. The van der Waals surface area contributed by atoms with Crippen molar-refractivity contribution in [1.29, 1.82) is 0 Å². The highest BCUT2D eigenvalue weighted by molar-refractivity contribution is 6.01. The van der Waals surface area contributed by atoms with Crippen LogP contribution in [0, 0.1) is 11.3 Å². The number of carbonyl (C=O) groups is 2. The van der Waals surface area contributed by atoms with Gasteiger partial charge in [-0.25, -0.2) is 0 Å². The van der Waals surface area contributed by atoms with Crippen molar-refractivity contribution in [3.8, 4) is 0 Å². The summed E-state index contributed by atoms with van der Waals surface area (Å²) in [5.41, 5.74) is -2.25. The average molecular weight is 560 g/mol. The van der Waals surface area contributed by atoms with Crippen molar-refractivity contribution in [3.63, 3.8) is 0 Å². The van der Waals surface area contributed by atoms with Gasteiger partial charge in [0.15, 0.2) is 5.57 Å². The number of ether oxygens (including phenoxy) is 2. The largest absolute Gasteiger partial charge is 0.506 e. The van der Waals surface area contributed by atoms with Gasteiger partial charge in [0.25, 0.3) is 5.91 Å². The maximum absolute atomic E-state index is 14.3. The second kappa shape index (κ2) is 8.94. The number of aliphatic hydroxyl groups excluding tert-OH is 1. The van der Waals surface area contributed by atoms with E-state index in [9.17, 15) is 27.9 Å². The molecule has 3 aliphatic carbocycles. The quantitative estimate of drug-likeness (QED) is 0.186. The molecule has 5 aliphatic rings. The molecule has 1 aromatic carbocycles. The van der Waals surface area contributed by atoms with E-state index in [4.69, 9.17) is 9.47 Å². The molecule has 0 radical (unpaired) electrons. The zero-order valence-corrected chi connectivity index (χ0v) is 22.8. The van der Waals surface area contributed by atoms with E-state index in [1.807, 2.05) is 0 Å². The lowest BCUT2D eigenvalue weighted by atomic mass is 9.50. The first-order chi connectivity index (χ1) is 18.8. The number of likely N-dealkylation sites (tertiary alicyclic amines) is 1. The number of benzene rings is 1. The molecule has 40 heavy (non-hydrogen) atoms. The van der Waals surface area contributed by atoms with Crippen LogP contribution >= 0.6 is 0 Å². The van der Waals surface area contributed by atoms with Crippen LogP contribution in [0.2, 0.25) is 0 Å². The van der Waals surface area contributed by atoms with Gasteiger partial charge >= 0.3 is 12.1 Å². The number of esters is 1. The second-order valence-corrected chi connectivity index (χ2v) is 12.3. The minimum Gasteiger partial charge on any atom is -0.506 e. The third-order valence-electron chi connectivity index (χ3n) is 9.86. The smallest absolute Gasteiger partial charge is 0.425 e. The van der Waals surface area contributed by atoms with E-state index in [1.54, 1.807) is 12.1 Å². The Morgan fingerprint density at radius 2 is 1.90 bits per heavy atom. The van der Waals surface area contributed by atoms with Crippen molar-refractivity contribution < 1.29 is 41.8 Å². The van der Waals surface area contributed by atoms with E-state index in [0.29, 0.717) is 12.0 Å². The van der Waals surface area contributed by atoms with Crippen LogP contribution in [0.1, 0.15) is 44.6 Å². The summed E-state index contributed by atoms with van der Waals surface area (Å²) in [5, 5.41) is 13.0. The molecule has 1 aromatic rings. The molecule has 1 saturated carbocycles. The molecule has 10 heteroatoms. The first kappa shape index (κ1) is 27.1. The van der Waals surface area contributed by atoms with Crippen LogP contribution in [0.25, 0.3) is 5.76 Å². The Balaban J connectivity index is 1.45. The summed E-state index contributed by atoms with van der Waals surface area (Å²) < 4.78 is 56.1. The summed E-state index contributed by atoms with van der Waals surface area (Å²) in [6.07, 6.45) is 1.31. The highest BCUT2D eigenvalue weighted by Crippen LogP contribution is 2.67. The maximum atomic E-state index is 14.3. The normalized spacial score (nSPS) is 36.0. The standard InChI is InChI=1S/C30H33F3N2O5/c1-17(36)40-29(34-27(38)24(30(31,32)33)25(37)18-8-5-4-6-9-18)13-12-19-16-21-20-10-7-11-22-28(20,14-15-35(21,2)3)23(19)26(29)39-22/h4-6,8-9,12-13,20-22,26H,7,10-11,14-16H2,1-3H3,(H-,34,37,38)/p+1/t20-,21+,22-,26?,28+,29?/m0/s1. The molecule has 6 rings (SSSR count). The van der Waals surface area contributed by atoms with E-state index in [2.05, 4.69) is 19.4 Å². The van der Waals surface area contributed by atoms with Gasteiger partial charge in [-0.3, -0.25) is 9.59 Å². The number of alkyl halides is 3. The zero-order chi connectivity index (χ0) is 28.7. The van der Waals surface area contributed by atoms with E-state index < -0.39 is 41.2 Å². The molecular weight excluding hydrogens is 525 g/mol. The molecule has 6 atom stereocenters. The van der Waals surface area contributed by atoms with Crippen LogP contribution in [-0.2, 0) is 19.1 Å². The molecule has 0 aromatic heterocycles. The van der Waals surface area contributed by atoms with E-state index in [1.165, 1.54) is 30.3 Å². The van der Waals surface area contributed by atoms with Crippen LogP contribution in [-0.4, -0.2) is 72.3 Å². The van der Waals surface area contributed by atoms with Crippen LogP contribution in [0.3, 0.4) is 0 Å². The molecular formula is C30H34F3N2O5+. The number of hydrogen-bond acceptors (Lipinski definition) is 5. The van der Waals surface area contributed by atoms with E-state index >= 15 is 0 Å². The highest BCUT2D eigenvalue weighted by Gasteiger charge is 2.71. The zero-order valence-electron chi connectivity index (χ0n) is 22.8. The first-order valence-electron chi connectivity index (χ1n) is 13.8. The molecule has 2 bridgehead atoms. The van der Waals surface area contributed by atoms with Gasteiger partial charge in [-0.1, -0.05) is 42.8 Å². The lowest BCUT2D eigenvalue weighted by Gasteiger charge is -2.60. The highest BCUT2D eigenvalue weighted by atomic mass is 19.4. The van der Waals surface area contributed by atoms with Gasteiger partial charge in [0, 0.05) is 36.7 Å². The molecule has 1 spiro atoms. The van der Waals surface area contributed by atoms with Crippen LogP contribution in [0.15, 0.2) is 59.2 Å². The Hall–Kier alpha value is -3.11. The first-order valence-corrected chi connectivity index (χ1v) is 13.8. The number of allylic oxidation sites excluding steroid dienone is 1. The number of amides is 1. The third kappa shape index (κ3) is 3.86. The number of carbonyl (C=O) groups excluding carboxylic acids is 2. The number of piperidine rings is 1. The predicted octanol–water partition coefficient (Wildman–Crippen LogP) is 4.57. The average Bonchev–Trinajstić information content (AvgIpc) is 3.22. The number of nitrogens with zero attached hydrogens (tertiary/aromatic N) is 1. The Morgan fingerprint density at radius 3 is 2.58 bits per heavy atom. The van der Waals surface area contributed by atoms with Crippen molar-refractivity contribution in [3.05, 3.63) is 64.8 Å². The summed E-state index contributed by atoms with van der Waals surface area (Å²) in [5.74, 6) is -3.27. The Bertz CT molecular complexity index is 1350. The summed E-state index contributed by atoms with van der Waals surface area (Å²) in [4.78, 5) is 25.9. The summed E-state index contributed by atoms with van der Waals surface area (Å²) >= 11 is 0. The third-order valence-corrected chi connectivity index (χ3v) is 9.86. The molecule has 2 unspecified atom stereocenters. The summed E-state index contributed by atoms with van der Waals surface area (Å²) in [6.45, 7) is 2.07. The predicted molar refractivity (Wildman–Crippen MR) is 139 cm³/mol. The minimum atomic E-state index is -5.19. The van der Waals surface area contributed by atoms with E-state index in [0.717, 1.165) is 61.2 Å². The molecule has 2 heterocycles. The SMILES string of the molecule is CC(=O)OC1(NC(=O)C(=C(O)c2ccccc2)C(F)(F)F)C=CC2=C3C1O[C@H]1CCC[C@H]4[C@@H](C2)[N+](C)(C)CC[C@]314. The number of quaternary nitrogens is 1. The monoisotopic (exact) mass is 559 g/mol. The molecule has 7 nitrogen and oxygen atoms in total. The number of aliphatic hydroxyl groups is 1. The topological polar surface area (TPSA) is 84.9 Å². The fraction of sp³-hybridized carbons (Fsp3) is 0.533. The molecule has 2 saturated heterocycles. The fourth-order valence-corrected chi connectivity index (χ4v) is 8.24. The Kier molecular flexibility index (Phi) is 6.06. The number of halogens is 3. The van der Waals surface area contributed by atoms with Crippen molar-refractivity contribution >= 4 is 17.6 Å². The number of nitrogens with one attached hydrogen (secondary N) is 1. The maximum Gasteiger partial charge on any atom is 0.425 e. The fourth-order valence-electron chi connectivity index (χ4n) is 8.24. The number of hydrogen-bond donors (Lipinski definition) is 2. The van der Waals surface area contributed by atoms with Crippen molar-refractivity contribution in [1.82, 2.24) is 5.32 Å². The summed E-state index contributed by atoms with van der Waals surface area (Å²) in [6, 6.07) is 7.43. The Labute approximate surface area is 230 Å². The van der Waals surface area contributed by atoms with Crippen LogP contribution < -0.4 is 5.32 Å². The van der Waals surface area contributed by atoms with Gasteiger partial charge in [-0.05, 0) is 30.1 Å². The second-order valence-electron chi connectivity index (χ2n) is 12.3.